The second-order valence-corrected chi connectivity index (χ2v) is 4.96. The number of ether oxygens (including phenoxy) is 1. The molecule has 2 aromatic carbocycles. The maximum Gasteiger partial charge on any atom is 0.334 e. The minimum Gasteiger partial charge on any atom is -0.463 e. The molecule has 0 heterocycles. The molecule has 0 amide bonds. The number of esters is 1. The lowest BCUT2D eigenvalue weighted by atomic mass is 9.91. The fourth-order valence-electron chi connectivity index (χ4n) is 2.45. The van der Waals surface area contributed by atoms with Crippen molar-refractivity contribution >= 4 is 11.5 Å². The second kappa shape index (κ2) is 8.55. The summed E-state index contributed by atoms with van der Waals surface area (Å²) in [7, 11) is 0. The standard InChI is InChI=1S/C20H19NO2/c1-2-23-20(22)18(14-9-15-21)19(16-10-5-3-6-11-16)17-12-7-4-8-13-17/h3-8,10-13H,2,9,14H2,1H3. The van der Waals surface area contributed by atoms with Gasteiger partial charge >= 0.3 is 5.97 Å². The van der Waals surface area contributed by atoms with E-state index in [1.54, 1.807) is 6.92 Å². The van der Waals surface area contributed by atoms with Crippen molar-refractivity contribution in [3.05, 3.63) is 77.4 Å². The summed E-state index contributed by atoms with van der Waals surface area (Å²) in [5.41, 5.74) is 3.27. The third kappa shape index (κ3) is 4.31. The Hall–Kier alpha value is -2.86. The highest BCUT2D eigenvalue weighted by Crippen LogP contribution is 2.29. The van der Waals surface area contributed by atoms with Crippen molar-refractivity contribution in [3.8, 4) is 6.07 Å². The van der Waals surface area contributed by atoms with Crippen LogP contribution in [-0.4, -0.2) is 12.6 Å². The lowest BCUT2D eigenvalue weighted by molar-refractivity contribution is -0.138. The van der Waals surface area contributed by atoms with E-state index in [0.717, 1.165) is 16.7 Å². The van der Waals surface area contributed by atoms with E-state index in [4.69, 9.17) is 10.00 Å². The van der Waals surface area contributed by atoms with Crippen LogP contribution in [0, 0.1) is 11.3 Å². The van der Waals surface area contributed by atoms with Gasteiger partial charge in [-0.05, 0) is 30.0 Å². The molecule has 0 aliphatic carbocycles. The van der Waals surface area contributed by atoms with Crippen LogP contribution in [0.25, 0.3) is 5.57 Å². The first-order chi connectivity index (χ1) is 11.3. The summed E-state index contributed by atoms with van der Waals surface area (Å²) in [6.07, 6.45) is 0.645. The molecule has 0 N–H and O–H groups in total. The van der Waals surface area contributed by atoms with Gasteiger partial charge in [0.15, 0.2) is 0 Å². The lowest BCUT2D eigenvalue weighted by Crippen LogP contribution is -2.11. The summed E-state index contributed by atoms with van der Waals surface area (Å²) < 4.78 is 5.22. The van der Waals surface area contributed by atoms with E-state index in [0.29, 0.717) is 18.6 Å². The molecule has 0 radical (unpaired) electrons. The molecule has 0 aliphatic rings. The Morgan fingerprint density at radius 2 is 1.52 bits per heavy atom. The van der Waals surface area contributed by atoms with E-state index < -0.39 is 0 Å². The Labute approximate surface area is 136 Å². The molecule has 0 saturated heterocycles. The molecule has 2 rings (SSSR count). The van der Waals surface area contributed by atoms with Crippen LogP contribution in [-0.2, 0) is 9.53 Å². The zero-order chi connectivity index (χ0) is 16.5. The van der Waals surface area contributed by atoms with E-state index in [2.05, 4.69) is 6.07 Å². The first-order valence-corrected chi connectivity index (χ1v) is 7.66. The van der Waals surface area contributed by atoms with Gasteiger partial charge in [-0.1, -0.05) is 60.7 Å². The fraction of sp³-hybridized carbons (Fsp3) is 0.200. The molecular formula is C20H19NO2. The summed E-state index contributed by atoms with van der Waals surface area (Å²) in [5, 5.41) is 8.93. The molecule has 2 aromatic rings. The summed E-state index contributed by atoms with van der Waals surface area (Å²) >= 11 is 0. The van der Waals surface area contributed by atoms with Crippen molar-refractivity contribution in [2.24, 2.45) is 0 Å². The Morgan fingerprint density at radius 1 is 1.00 bits per heavy atom. The average molecular weight is 305 g/mol. The number of carbonyl (C=O) groups excluding carboxylic acids is 1. The highest BCUT2D eigenvalue weighted by atomic mass is 16.5. The number of nitriles is 1. The Bertz CT molecular complexity index is 671. The normalized spacial score (nSPS) is 9.74. The summed E-state index contributed by atoms with van der Waals surface area (Å²) in [6, 6.07) is 21.6. The molecule has 0 atom stereocenters. The van der Waals surface area contributed by atoms with Crippen molar-refractivity contribution in [2.75, 3.05) is 6.61 Å². The number of rotatable bonds is 6. The van der Waals surface area contributed by atoms with Gasteiger partial charge in [0.1, 0.15) is 0 Å². The zero-order valence-corrected chi connectivity index (χ0v) is 13.2. The van der Waals surface area contributed by atoms with E-state index in [-0.39, 0.29) is 12.4 Å². The summed E-state index contributed by atoms with van der Waals surface area (Å²) in [4.78, 5) is 12.4. The Kier molecular flexibility index (Phi) is 6.14. The maximum atomic E-state index is 12.4. The van der Waals surface area contributed by atoms with E-state index in [1.165, 1.54) is 0 Å². The summed E-state index contributed by atoms with van der Waals surface area (Å²) in [6.45, 7) is 2.09. The zero-order valence-electron chi connectivity index (χ0n) is 13.2. The monoisotopic (exact) mass is 305 g/mol. The molecule has 3 nitrogen and oxygen atoms in total. The quantitative estimate of drug-likeness (QED) is 0.588. The second-order valence-electron chi connectivity index (χ2n) is 4.96. The van der Waals surface area contributed by atoms with E-state index in [9.17, 15) is 4.79 Å². The van der Waals surface area contributed by atoms with E-state index >= 15 is 0 Å². The van der Waals surface area contributed by atoms with Gasteiger partial charge in [-0.3, -0.25) is 0 Å². The Balaban J connectivity index is 2.64. The van der Waals surface area contributed by atoms with Crippen molar-refractivity contribution in [3.63, 3.8) is 0 Å². The van der Waals surface area contributed by atoms with Crippen molar-refractivity contribution in [2.45, 2.75) is 19.8 Å². The maximum absolute atomic E-state index is 12.4. The Morgan fingerprint density at radius 3 is 1.96 bits per heavy atom. The van der Waals surface area contributed by atoms with Crippen LogP contribution in [0.5, 0.6) is 0 Å². The predicted molar refractivity (Wildman–Crippen MR) is 90.4 cm³/mol. The molecule has 0 bridgehead atoms. The molecule has 3 heteroatoms. The van der Waals surface area contributed by atoms with Crippen LogP contribution < -0.4 is 0 Å². The number of hydrogen-bond acceptors (Lipinski definition) is 3. The van der Waals surface area contributed by atoms with Gasteiger partial charge in [0.2, 0.25) is 0 Å². The molecule has 23 heavy (non-hydrogen) atoms. The topological polar surface area (TPSA) is 50.1 Å². The van der Waals surface area contributed by atoms with Crippen molar-refractivity contribution in [1.82, 2.24) is 0 Å². The van der Waals surface area contributed by atoms with Gasteiger partial charge in [0, 0.05) is 12.0 Å². The van der Waals surface area contributed by atoms with Crippen LogP contribution in [0.4, 0.5) is 0 Å². The van der Waals surface area contributed by atoms with Crippen LogP contribution >= 0.6 is 0 Å². The van der Waals surface area contributed by atoms with Crippen LogP contribution in [0.2, 0.25) is 0 Å². The largest absolute Gasteiger partial charge is 0.463 e. The molecule has 0 unspecified atom stereocenters. The lowest BCUT2D eigenvalue weighted by Gasteiger charge is -2.15. The third-order valence-electron chi connectivity index (χ3n) is 3.44. The molecule has 0 saturated carbocycles. The van der Waals surface area contributed by atoms with Crippen LogP contribution in [0.3, 0.4) is 0 Å². The minimum atomic E-state index is -0.356. The van der Waals surface area contributed by atoms with Gasteiger partial charge in [0.05, 0.1) is 12.7 Å². The molecule has 0 aliphatic heterocycles. The van der Waals surface area contributed by atoms with Gasteiger partial charge in [-0.25, -0.2) is 4.79 Å². The molecule has 0 spiro atoms. The number of hydrogen-bond donors (Lipinski definition) is 0. The highest BCUT2D eigenvalue weighted by molar-refractivity contribution is 6.01. The fourth-order valence-corrected chi connectivity index (χ4v) is 2.45. The van der Waals surface area contributed by atoms with Crippen LogP contribution in [0.1, 0.15) is 30.9 Å². The predicted octanol–water partition coefficient (Wildman–Crippen LogP) is 4.36. The van der Waals surface area contributed by atoms with Crippen molar-refractivity contribution in [1.29, 1.82) is 5.26 Å². The third-order valence-corrected chi connectivity index (χ3v) is 3.44. The summed E-state index contributed by atoms with van der Waals surface area (Å²) in [5.74, 6) is -0.356. The van der Waals surface area contributed by atoms with Crippen molar-refractivity contribution < 1.29 is 9.53 Å². The van der Waals surface area contributed by atoms with Crippen LogP contribution in [0.15, 0.2) is 66.2 Å². The molecule has 0 aromatic heterocycles. The van der Waals surface area contributed by atoms with E-state index in [1.807, 2.05) is 60.7 Å². The average Bonchev–Trinajstić information content (AvgIpc) is 2.60. The smallest absolute Gasteiger partial charge is 0.334 e. The molecule has 116 valence electrons. The number of benzene rings is 2. The SMILES string of the molecule is CCOC(=O)C(CCC#N)=C(c1ccccc1)c1ccccc1. The van der Waals surface area contributed by atoms with Gasteiger partial charge in [0.25, 0.3) is 0 Å². The first kappa shape index (κ1) is 16.5. The molecular weight excluding hydrogens is 286 g/mol. The van der Waals surface area contributed by atoms with Gasteiger partial charge in [-0.2, -0.15) is 5.26 Å². The molecule has 0 fully saturated rings. The number of carbonyl (C=O) groups is 1. The van der Waals surface area contributed by atoms with Gasteiger partial charge in [-0.15, -0.1) is 0 Å². The number of nitrogens with zero attached hydrogens (tertiary/aromatic N) is 1. The highest BCUT2D eigenvalue weighted by Gasteiger charge is 2.19. The minimum absolute atomic E-state index is 0.275. The first-order valence-electron chi connectivity index (χ1n) is 7.66. The van der Waals surface area contributed by atoms with Gasteiger partial charge < -0.3 is 4.74 Å².